The van der Waals surface area contributed by atoms with Crippen molar-refractivity contribution in [1.29, 1.82) is 0 Å². The zero-order valence-electron chi connectivity index (χ0n) is 17.9. The molecule has 29 heavy (non-hydrogen) atoms. The molecule has 2 aliphatic rings. The molecule has 0 aliphatic carbocycles. The Balaban J connectivity index is 0.00000300. The van der Waals surface area contributed by atoms with Crippen LogP contribution in [0.15, 0.2) is 23.3 Å². The number of aliphatic imine (C=N–C) groups is 1. The number of pyridine rings is 1. The molecule has 0 spiro atoms. The zero-order chi connectivity index (χ0) is 19.6. The van der Waals surface area contributed by atoms with Gasteiger partial charge in [0.25, 0.3) is 0 Å². The summed E-state index contributed by atoms with van der Waals surface area (Å²) >= 11 is 0. The van der Waals surface area contributed by atoms with Gasteiger partial charge in [-0.2, -0.15) is 0 Å². The molecule has 0 amide bonds. The monoisotopic (exact) mass is 516 g/mol. The summed E-state index contributed by atoms with van der Waals surface area (Å²) in [6.45, 7) is 12.7. The fourth-order valence-corrected chi connectivity index (χ4v) is 3.76. The summed E-state index contributed by atoms with van der Waals surface area (Å²) < 4.78 is 5.45. The molecular formula is C21H37IN6O. The van der Waals surface area contributed by atoms with Crippen LogP contribution in [0, 0.1) is 0 Å². The average Bonchev–Trinajstić information content (AvgIpc) is 2.77. The number of piperidine rings is 1. The summed E-state index contributed by atoms with van der Waals surface area (Å²) in [6.07, 6.45) is 5.77. The Morgan fingerprint density at radius 2 is 1.93 bits per heavy atom. The summed E-state index contributed by atoms with van der Waals surface area (Å²) in [4.78, 5) is 14.2. The average molecular weight is 516 g/mol. The van der Waals surface area contributed by atoms with Crippen molar-refractivity contribution in [2.45, 2.75) is 45.7 Å². The van der Waals surface area contributed by atoms with Gasteiger partial charge in [0.05, 0.1) is 19.8 Å². The second-order valence-electron chi connectivity index (χ2n) is 7.64. The maximum Gasteiger partial charge on any atom is 0.191 e. The lowest BCUT2D eigenvalue weighted by atomic mass is 10.1. The summed E-state index contributed by atoms with van der Waals surface area (Å²) in [5.74, 6) is 1.96. The third-order valence-electron chi connectivity index (χ3n) is 5.49. The minimum absolute atomic E-state index is 0. The van der Waals surface area contributed by atoms with E-state index in [1.807, 2.05) is 6.20 Å². The van der Waals surface area contributed by atoms with Gasteiger partial charge in [-0.15, -0.1) is 24.0 Å². The van der Waals surface area contributed by atoms with Crippen molar-refractivity contribution in [3.8, 4) is 0 Å². The van der Waals surface area contributed by atoms with Gasteiger partial charge in [0, 0.05) is 51.5 Å². The van der Waals surface area contributed by atoms with E-state index in [0.717, 1.165) is 64.3 Å². The first kappa shape index (κ1) is 24.1. The van der Waals surface area contributed by atoms with Crippen molar-refractivity contribution >= 4 is 35.8 Å². The highest BCUT2D eigenvalue weighted by Crippen LogP contribution is 2.18. The van der Waals surface area contributed by atoms with Crippen LogP contribution in [0.2, 0.25) is 0 Å². The first-order valence-electron chi connectivity index (χ1n) is 10.8. The normalized spacial score (nSPS) is 19.4. The molecule has 0 aromatic carbocycles. The highest BCUT2D eigenvalue weighted by Gasteiger charge is 2.17. The summed E-state index contributed by atoms with van der Waals surface area (Å²) in [7, 11) is 0. The van der Waals surface area contributed by atoms with E-state index >= 15 is 0 Å². The van der Waals surface area contributed by atoms with Gasteiger partial charge >= 0.3 is 0 Å². The van der Waals surface area contributed by atoms with E-state index in [1.165, 1.54) is 24.8 Å². The zero-order valence-corrected chi connectivity index (χ0v) is 20.2. The third-order valence-corrected chi connectivity index (χ3v) is 5.49. The smallest absolute Gasteiger partial charge is 0.191 e. The van der Waals surface area contributed by atoms with E-state index in [-0.39, 0.29) is 24.0 Å². The van der Waals surface area contributed by atoms with Crippen LogP contribution in [-0.2, 0) is 11.3 Å². The van der Waals surface area contributed by atoms with Gasteiger partial charge in [0.2, 0.25) is 0 Å². The molecule has 0 saturated carbocycles. The second-order valence-corrected chi connectivity index (χ2v) is 7.64. The summed E-state index contributed by atoms with van der Waals surface area (Å²) in [5, 5.41) is 6.86. The van der Waals surface area contributed by atoms with Crippen LogP contribution in [0.4, 0.5) is 5.82 Å². The van der Waals surface area contributed by atoms with Crippen LogP contribution in [0.5, 0.6) is 0 Å². The van der Waals surface area contributed by atoms with Gasteiger partial charge < -0.3 is 20.3 Å². The van der Waals surface area contributed by atoms with Crippen molar-refractivity contribution in [1.82, 2.24) is 20.5 Å². The molecule has 7 nitrogen and oxygen atoms in total. The number of hydrogen-bond acceptors (Lipinski definition) is 5. The number of guanidine groups is 1. The standard InChI is InChI=1S/C21H36N6O.HI/c1-3-22-21(24-16-18(2)26-11-13-28-14-12-26)25-17-19-7-8-23-20(15-19)27-9-5-4-6-10-27;/h7-8,15,18H,3-6,9-14,16-17H2,1-2H3,(H2,22,24,25);1H. The van der Waals surface area contributed by atoms with E-state index in [4.69, 9.17) is 9.73 Å². The number of hydrogen-bond donors (Lipinski definition) is 2. The van der Waals surface area contributed by atoms with Crippen molar-refractivity contribution in [2.75, 3.05) is 57.4 Å². The molecule has 1 aromatic heterocycles. The van der Waals surface area contributed by atoms with Gasteiger partial charge in [-0.25, -0.2) is 9.98 Å². The van der Waals surface area contributed by atoms with Crippen LogP contribution in [0.3, 0.4) is 0 Å². The lowest BCUT2D eigenvalue weighted by Crippen LogP contribution is -2.49. The SMILES string of the molecule is CCNC(=NCc1ccnc(N2CCCCC2)c1)NCC(C)N1CCOCC1.I. The van der Waals surface area contributed by atoms with Gasteiger partial charge in [-0.05, 0) is 50.8 Å². The molecule has 2 N–H and O–H groups in total. The molecule has 2 fully saturated rings. The van der Waals surface area contributed by atoms with Crippen LogP contribution in [0.1, 0.15) is 38.7 Å². The Labute approximate surface area is 192 Å². The minimum Gasteiger partial charge on any atom is -0.379 e. The summed E-state index contributed by atoms with van der Waals surface area (Å²) in [5.41, 5.74) is 1.20. The molecule has 3 rings (SSSR count). The predicted molar refractivity (Wildman–Crippen MR) is 130 cm³/mol. The molecule has 0 radical (unpaired) electrons. The quantitative estimate of drug-likeness (QED) is 0.330. The molecule has 164 valence electrons. The highest BCUT2D eigenvalue weighted by atomic mass is 127. The maximum atomic E-state index is 5.45. The molecular weight excluding hydrogens is 479 g/mol. The number of morpholine rings is 1. The van der Waals surface area contributed by atoms with E-state index in [9.17, 15) is 0 Å². The molecule has 2 saturated heterocycles. The Kier molecular flexibility index (Phi) is 11.0. The number of rotatable bonds is 7. The van der Waals surface area contributed by atoms with Gasteiger partial charge in [0.15, 0.2) is 5.96 Å². The molecule has 1 aromatic rings. The lowest BCUT2D eigenvalue weighted by Gasteiger charge is -2.32. The Morgan fingerprint density at radius 3 is 2.66 bits per heavy atom. The Hall–Kier alpha value is -1.13. The second kappa shape index (κ2) is 13.2. The Bertz CT molecular complexity index is 617. The van der Waals surface area contributed by atoms with Crippen LogP contribution < -0.4 is 15.5 Å². The van der Waals surface area contributed by atoms with Crippen molar-refractivity contribution in [3.63, 3.8) is 0 Å². The number of halogens is 1. The first-order valence-corrected chi connectivity index (χ1v) is 10.8. The molecule has 3 heterocycles. The number of nitrogens with one attached hydrogen (secondary N) is 2. The van der Waals surface area contributed by atoms with Crippen LogP contribution in [0.25, 0.3) is 0 Å². The van der Waals surface area contributed by atoms with Crippen molar-refractivity contribution in [3.05, 3.63) is 23.9 Å². The molecule has 1 atom stereocenters. The maximum absolute atomic E-state index is 5.45. The molecule has 1 unspecified atom stereocenters. The van der Waals surface area contributed by atoms with Crippen LogP contribution >= 0.6 is 24.0 Å². The van der Waals surface area contributed by atoms with E-state index in [2.05, 4.69) is 51.4 Å². The third kappa shape index (κ3) is 7.90. The topological polar surface area (TPSA) is 65.0 Å². The molecule has 2 aliphatic heterocycles. The molecule has 0 bridgehead atoms. The predicted octanol–water partition coefficient (Wildman–Crippen LogP) is 2.47. The number of ether oxygens (including phenoxy) is 1. The largest absolute Gasteiger partial charge is 0.379 e. The fourth-order valence-electron chi connectivity index (χ4n) is 3.76. The number of anilines is 1. The van der Waals surface area contributed by atoms with Gasteiger partial charge in [-0.1, -0.05) is 0 Å². The van der Waals surface area contributed by atoms with Crippen molar-refractivity contribution in [2.24, 2.45) is 4.99 Å². The van der Waals surface area contributed by atoms with Crippen LogP contribution in [-0.4, -0.2) is 74.4 Å². The number of nitrogens with zero attached hydrogens (tertiary/aromatic N) is 4. The van der Waals surface area contributed by atoms with Gasteiger partial charge in [-0.3, -0.25) is 4.90 Å². The van der Waals surface area contributed by atoms with E-state index in [0.29, 0.717) is 12.6 Å². The molecule has 8 heteroatoms. The summed E-state index contributed by atoms with van der Waals surface area (Å²) in [6, 6.07) is 4.71. The highest BCUT2D eigenvalue weighted by molar-refractivity contribution is 14.0. The Morgan fingerprint density at radius 1 is 1.17 bits per heavy atom. The van der Waals surface area contributed by atoms with E-state index in [1.54, 1.807) is 0 Å². The fraction of sp³-hybridized carbons (Fsp3) is 0.714. The lowest BCUT2D eigenvalue weighted by molar-refractivity contribution is 0.0211. The van der Waals surface area contributed by atoms with Gasteiger partial charge in [0.1, 0.15) is 5.82 Å². The first-order chi connectivity index (χ1) is 13.8. The number of aromatic nitrogens is 1. The van der Waals surface area contributed by atoms with Crippen molar-refractivity contribution < 1.29 is 4.74 Å². The van der Waals surface area contributed by atoms with E-state index < -0.39 is 0 Å². The minimum atomic E-state index is 0.